The zero-order valence-corrected chi connectivity index (χ0v) is 12.0. The molecule has 0 bridgehead atoms. The monoisotopic (exact) mass is 291 g/mol. The van der Waals surface area contributed by atoms with Gasteiger partial charge in [-0.2, -0.15) is 0 Å². The first-order valence-corrected chi connectivity index (χ1v) is 6.98. The highest BCUT2D eigenvalue weighted by Gasteiger charge is 1.99. The summed E-state index contributed by atoms with van der Waals surface area (Å²) in [4.78, 5) is 0. The van der Waals surface area contributed by atoms with Crippen LogP contribution in [0.5, 0.6) is 5.75 Å². The van der Waals surface area contributed by atoms with Gasteiger partial charge in [0.1, 0.15) is 5.75 Å². The lowest BCUT2D eigenvalue weighted by Crippen LogP contribution is -1.94. The Bertz CT molecular complexity index is 724. The Labute approximate surface area is 129 Å². The molecule has 0 aliphatic rings. The molecule has 0 saturated heterocycles. The highest BCUT2D eigenvalue weighted by atomic mass is 16.3. The van der Waals surface area contributed by atoms with Crippen LogP contribution < -0.4 is 16.4 Å². The standard InChI is InChI=1S/C18H17N3O/c19-13-4-1-5-14(10-13)20-15-6-2-7-16(11-15)21-17-8-3-9-18(22)12-17/h1-12,20-22H,19H2. The average Bonchev–Trinajstić information content (AvgIpc) is 2.47. The van der Waals surface area contributed by atoms with Crippen LogP contribution in [0.25, 0.3) is 0 Å². The van der Waals surface area contributed by atoms with Gasteiger partial charge in [-0.25, -0.2) is 0 Å². The molecule has 0 atom stereocenters. The van der Waals surface area contributed by atoms with E-state index < -0.39 is 0 Å². The van der Waals surface area contributed by atoms with Crippen LogP contribution in [0, 0.1) is 0 Å². The van der Waals surface area contributed by atoms with Crippen LogP contribution in [0.4, 0.5) is 28.4 Å². The molecule has 0 amide bonds. The molecule has 0 aliphatic carbocycles. The third-order valence-corrected chi connectivity index (χ3v) is 3.17. The van der Waals surface area contributed by atoms with E-state index in [2.05, 4.69) is 10.6 Å². The minimum Gasteiger partial charge on any atom is -0.508 e. The SMILES string of the molecule is Nc1cccc(Nc2cccc(Nc3cccc(O)c3)c2)c1. The highest BCUT2D eigenvalue weighted by Crippen LogP contribution is 2.25. The number of phenolic OH excluding ortho intramolecular Hbond substituents is 1. The summed E-state index contributed by atoms with van der Waals surface area (Å²) in [5.41, 5.74) is 10.2. The molecular weight excluding hydrogens is 274 g/mol. The van der Waals surface area contributed by atoms with Gasteiger partial charge in [-0.15, -0.1) is 0 Å². The summed E-state index contributed by atoms with van der Waals surface area (Å²) >= 11 is 0. The van der Waals surface area contributed by atoms with Gasteiger partial charge in [0.2, 0.25) is 0 Å². The molecule has 0 aliphatic heterocycles. The van der Waals surface area contributed by atoms with E-state index >= 15 is 0 Å². The van der Waals surface area contributed by atoms with Gasteiger partial charge >= 0.3 is 0 Å². The number of aromatic hydroxyl groups is 1. The molecule has 0 spiro atoms. The minimum absolute atomic E-state index is 0.235. The molecule has 3 aromatic carbocycles. The summed E-state index contributed by atoms with van der Waals surface area (Å²) in [5, 5.41) is 16.1. The lowest BCUT2D eigenvalue weighted by atomic mass is 10.2. The highest BCUT2D eigenvalue weighted by molar-refractivity contribution is 5.69. The maximum Gasteiger partial charge on any atom is 0.117 e. The molecule has 3 rings (SSSR count). The van der Waals surface area contributed by atoms with Crippen molar-refractivity contribution in [1.82, 2.24) is 0 Å². The van der Waals surface area contributed by atoms with Crippen LogP contribution in [0.3, 0.4) is 0 Å². The topological polar surface area (TPSA) is 70.3 Å². The molecule has 110 valence electrons. The van der Waals surface area contributed by atoms with E-state index in [0.29, 0.717) is 0 Å². The fourth-order valence-corrected chi connectivity index (χ4v) is 2.21. The Hall–Kier alpha value is -3.14. The number of hydrogen-bond acceptors (Lipinski definition) is 4. The summed E-state index contributed by atoms with van der Waals surface area (Å²) in [7, 11) is 0. The van der Waals surface area contributed by atoms with Crippen LogP contribution in [0.1, 0.15) is 0 Å². The second-order valence-electron chi connectivity index (χ2n) is 5.01. The summed E-state index contributed by atoms with van der Waals surface area (Å²) < 4.78 is 0. The normalized spacial score (nSPS) is 10.2. The first kappa shape index (κ1) is 13.8. The number of benzene rings is 3. The maximum absolute atomic E-state index is 9.50. The van der Waals surface area contributed by atoms with Gasteiger partial charge in [-0.05, 0) is 48.5 Å². The number of phenols is 1. The van der Waals surface area contributed by atoms with Gasteiger partial charge in [0, 0.05) is 34.5 Å². The Morgan fingerprint density at radius 1 is 0.636 bits per heavy atom. The molecule has 0 radical (unpaired) electrons. The third kappa shape index (κ3) is 3.49. The predicted octanol–water partition coefficient (Wildman–Crippen LogP) is 4.46. The number of nitrogens with one attached hydrogen (secondary N) is 2. The van der Waals surface area contributed by atoms with E-state index in [1.165, 1.54) is 0 Å². The number of nitrogens with two attached hydrogens (primary N) is 1. The van der Waals surface area contributed by atoms with Crippen molar-refractivity contribution in [2.24, 2.45) is 0 Å². The number of rotatable bonds is 4. The Morgan fingerprint density at radius 2 is 1.14 bits per heavy atom. The fraction of sp³-hybridized carbons (Fsp3) is 0. The van der Waals surface area contributed by atoms with Crippen molar-refractivity contribution in [3.05, 3.63) is 72.8 Å². The van der Waals surface area contributed by atoms with E-state index in [-0.39, 0.29) is 5.75 Å². The molecule has 0 fully saturated rings. The lowest BCUT2D eigenvalue weighted by molar-refractivity contribution is 0.475. The number of hydrogen-bond donors (Lipinski definition) is 4. The van der Waals surface area contributed by atoms with Crippen molar-refractivity contribution in [2.45, 2.75) is 0 Å². The molecule has 22 heavy (non-hydrogen) atoms. The quantitative estimate of drug-likeness (QED) is 0.536. The van der Waals surface area contributed by atoms with Crippen molar-refractivity contribution in [3.8, 4) is 5.75 Å². The largest absolute Gasteiger partial charge is 0.508 e. The number of nitrogen functional groups attached to an aromatic ring is 1. The van der Waals surface area contributed by atoms with Crippen LogP contribution in [0.15, 0.2) is 72.8 Å². The van der Waals surface area contributed by atoms with Crippen molar-refractivity contribution in [2.75, 3.05) is 16.4 Å². The minimum atomic E-state index is 0.235. The van der Waals surface area contributed by atoms with E-state index in [1.54, 1.807) is 18.2 Å². The molecule has 0 unspecified atom stereocenters. The van der Waals surface area contributed by atoms with Crippen molar-refractivity contribution >= 4 is 28.4 Å². The van der Waals surface area contributed by atoms with Crippen LogP contribution in [0.2, 0.25) is 0 Å². The van der Waals surface area contributed by atoms with E-state index in [4.69, 9.17) is 5.73 Å². The van der Waals surface area contributed by atoms with Gasteiger partial charge in [0.05, 0.1) is 0 Å². The first-order chi connectivity index (χ1) is 10.7. The third-order valence-electron chi connectivity index (χ3n) is 3.17. The van der Waals surface area contributed by atoms with Gasteiger partial charge < -0.3 is 21.5 Å². The predicted molar refractivity (Wildman–Crippen MR) is 92.0 cm³/mol. The molecule has 0 aromatic heterocycles. The van der Waals surface area contributed by atoms with Crippen LogP contribution in [-0.4, -0.2) is 5.11 Å². The molecule has 5 N–H and O–H groups in total. The smallest absolute Gasteiger partial charge is 0.117 e. The first-order valence-electron chi connectivity index (χ1n) is 6.98. The Morgan fingerprint density at radius 3 is 1.73 bits per heavy atom. The van der Waals surface area contributed by atoms with Crippen LogP contribution >= 0.6 is 0 Å². The molecule has 4 nitrogen and oxygen atoms in total. The Kier molecular flexibility index (Phi) is 3.83. The maximum atomic E-state index is 9.50. The average molecular weight is 291 g/mol. The molecule has 4 heteroatoms. The van der Waals surface area contributed by atoms with Gasteiger partial charge in [-0.1, -0.05) is 18.2 Å². The van der Waals surface area contributed by atoms with E-state index in [1.807, 2.05) is 54.6 Å². The van der Waals surface area contributed by atoms with Crippen molar-refractivity contribution in [1.29, 1.82) is 0 Å². The van der Waals surface area contributed by atoms with E-state index in [0.717, 1.165) is 28.4 Å². The second-order valence-corrected chi connectivity index (χ2v) is 5.01. The number of anilines is 5. The van der Waals surface area contributed by atoms with Gasteiger partial charge in [-0.3, -0.25) is 0 Å². The fourth-order valence-electron chi connectivity index (χ4n) is 2.21. The van der Waals surface area contributed by atoms with Crippen molar-refractivity contribution < 1.29 is 5.11 Å². The summed E-state index contributed by atoms with van der Waals surface area (Å²) in [6.07, 6.45) is 0. The molecular formula is C18H17N3O. The van der Waals surface area contributed by atoms with Crippen molar-refractivity contribution in [3.63, 3.8) is 0 Å². The summed E-state index contributed by atoms with van der Waals surface area (Å²) in [5.74, 6) is 0.235. The van der Waals surface area contributed by atoms with E-state index in [9.17, 15) is 5.11 Å². The Balaban J connectivity index is 1.78. The molecule has 0 heterocycles. The van der Waals surface area contributed by atoms with Crippen LogP contribution in [-0.2, 0) is 0 Å². The summed E-state index contributed by atoms with van der Waals surface area (Å²) in [6.45, 7) is 0. The summed E-state index contributed by atoms with van der Waals surface area (Å²) in [6, 6.07) is 22.5. The lowest BCUT2D eigenvalue weighted by Gasteiger charge is -2.11. The van der Waals surface area contributed by atoms with Gasteiger partial charge in [0.15, 0.2) is 0 Å². The molecule has 3 aromatic rings. The van der Waals surface area contributed by atoms with Gasteiger partial charge in [0.25, 0.3) is 0 Å². The second kappa shape index (κ2) is 6.10. The molecule has 0 saturated carbocycles. The zero-order valence-electron chi connectivity index (χ0n) is 12.0. The zero-order chi connectivity index (χ0) is 15.4.